The molecule has 0 aliphatic carbocycles. The predicted octanol–water partition coefficient (Wildman–Crippen LogP) is 1.43. The number of ether oxygens (including phenoxy) is 1. The maximum absolute atomic E-state index is 9.60. The van der Waals surface area contributed by atoms with Gasteiger partial charge in [0.15, 0.2) is 5.60 Å². The van der Waals surface area contributed by atoms with Crippen molar-refractivity contribution in [3.63, 3.8) is 0 Å². The van der Waals surface area contributed by atoms with Gasteiger partial charge < -0.3 is 9.84 Å². The molecule has 0 aliphatic heterocycles. The van der Waals surface area contributed by atoms with E-state index in [4.69, 9.17) is 10.00 Å². The molecular formula is C10H11NO2. The molecule has 0 bridgehead atoms. The fourth-order valence-corrected chi connectivity index (χ4v) is 0.990. The highest BCUT2D eigenvalue weighted by Gasteiger charge is 2.22. The predicted molar refractivity (Wildman–Crippen MR) is 48.2 cm³/mol. The molecule has 0 saturated heterocycles. The number of hydrogen-bond donors (Lipinski definition) is 1. The molecule has 3 nitrogen and oxygen atoms in total. The number of nitriles is 1. The summed E-state index contributed by atoms with van der Waals surface area (Å²) in [6.07, 6.45) is 0. The largest absolute Gasteiger partial charge is 0.497 e. The molecule has 3 heteroatoms. The van der Waals surface area contributed by atoms with Gasteiger partial charge in [-0.1, -0.05) is 12.1 Å². The van der Waals surface area contributed by atoms with E-state index >= 15 is 0 Å². The van der Waals surface area contributed by atoms with Crippen molar-refractivity contribution in [3.8, 4) is 11.8 Å². The molecule has 1 rings (SSSR count). The molecule has 0 aliphatic rings. The van der Waals surface area contributed by atoms with Crippen LogP contribution in [0.4, 0.5) is 0 Å². The molecule has 13 heavy (non-hydrogen) atoms. The average Bonchev–Trinajstić information content (AvgIpc) is 2.18. The van der Waals surface area contributed by atoms with Crippen molar-refractivity contribution in [1.29, 1.82) is 5.26 Å². The maximum Gasteiger partial charge on any atom is 0.173 e. The third kappa shape index (κ3) is 1.98. The number of nitrogens with zero attached hydrogens (tertiary/aromatic N) is 1. The van der Waals surface area contributed by atoms with Gasteiger partial charge in [-0.3, -0.25) is 0 Å². The lowest BCUT2D eigenvalue weighted by Gasteiger charge is -2.14. The second-order valence-electron chi connectivity index (χ2n) is 2.92. The van der Waals surface area contributed by atoms with Gasteiger partial charge in [0.05, 0.1) is 7.11 Å². The first-order chi connectivity index (χ1) is 6.10. The Bertz CT molecular complexity index is 339. The summed E-state index contributed by atoms with van der Waals surface area (Å²) in [5.74, 6) is 0.632. The quantitative estimate of drug-likeness (QED) is 0.695. The molecule has 0 spiro atoms. The van der Waals surface area contributed by atoms with Crippen LogP contribution in [-0.2, 0) is 5.60 Å². The number of hydrogen-bond acceptors (Lipinski definition) is 3. The minimum atomic E-state index is -1.45. The lowest BCUT2D eigenvalue weighted by molar-refractivity contribution is 0.119. The van der Waals surface area contributed by atoms with Gasteiger partial charge in [0, 0.05) is 5.56 Å². The summed E-state index contributed by atoms with van der Waals surface area (Å²) in [6.45, 7) is 1.45. The van der Waals surface area contributed by atoms with Crippen LogP contribution in [0, 0.1) is 11.3 Å². The highest BCUT2D eigenvalue weighted by Crippen LogP contribution is 2.23. The zero-order valence-electron chi connectivity index (χ0n) is 7.61. The molecule has 0 radical (unpaired) electrons. The summed E-state index contributed by atoms with van der Waals surface area (Å²) in [6, 6.07) is 8.63. The van der Waals surface area contributed by atoms with Crippen molar-refractivity contribution in [2.24, 2.45) is 0 Å². The van der Waals surface area contributed by atoms with Gasteiger partial charge in [0.1, 0.15) is 11.8 Å². The molecule has 68 valence electrons. The lowest BCUT2D eigenvalue weighted by Crippen LogP contribution is -2.17. The van der Waals surface area contributed by atoms with Gasteiger partial charge >= 0.3 is 0 Å². The average molecular weight is 177 g/mol. The van der Waals surface area contributed by atoms with Crippen LogP contribution in [-0.4, -0.2) is 12.2 Å². The number of methoxy groups -OCH3 is 1. The van der Waals surface area contributed by atoms with Crippen molar-refractivity contribution < 1.29 is 9.84 Å². The topological polar surface area (TPSA) is 53.2 Å². The van der Waals surface area contributed by atoms with Gasteiger partial charge in [-0.2, -0.15) is 5.26 Å². The van der Waals surface area contributed by atoms with Crippen LogP contribution < -0.4 is 4.74 Å². The van der Waals surface area contributed by atoms with E-state index in [0.29, 0.717) is 11.3 Å². The lowest BCUT2D eigenvalue weighted by atomic mass is 9.98. The molecule has 1 unspecified atom stereocenters. The highest BCUT2D eigenvalue weighted by molar-refractivity contribution is 5.34. The van der Waals surface area contributed by atoms with Gasteiger partial charge in [-0.25, -0.2) is 0 Å². The van der Waals surface area contributed by atoms with E-state index in [2.05, 4.69) is 0 Å². The Hall–Kier alpha value is -1.53. The molecule has 1 aromatic carbocycles. The first-order valence-electron chi connectivity index (χ1n) is 3.88. The standard InChI is InChI=1S/C10H11NO2/c1-10(12,7-11)8-4-3-5-9(6-8)13-2/h3-6,12H,1-2H3. The van der Waals surface area contributed by atoms with Crippen molar-refractivity contribution in [2.75, 3.05) is 7.11 Å². The zero-order valence-corrected chi connectivity index (χ0v) is 7.61. The van der Waals surface area contributed by atoms with Crippen molar-refractivity contribution >= 4 is 0 Å². The molecular weight excluding hydrogens is 166 g/mol. The Kier molecular flexibility index (Phi) is 2.54. The first kappa shape index (κ1) is 9.56. The molecule has 0 amide bonds. The summed E-state index contributed by atoms with van der Waals surface area (Å²) in [7, 11) is 1.54. The summed E-state index contributed by atoms with van der Waals surface area (Å²) < 4.78 is 4.97. The fraction of sp³-hybridized carbons (Fsp3) is 0.300. The summed E-state index contributed by atoms with van der Waals surface area (Å²) in [5.41, 5.74) is -0.913. The maximum atomic E-state index is 9.60. The molecule has 1 atom stereocenters. The van der Waals surface area contributed by atoms with Crippen LogP contribution in [0.3, 0.4) is 0 Å². The van der Waals surface area contributed by atoms with E-state index < -0.39 is 5.60 Å². The second kappa shape index (κ2) is 3.46. The van der Waals surface area contributed by atoms with Crippen molar-refractivity contribution in [3.05, 3.63) is 29.8 Å². The summed E-state index contributed by atoms with van der Waals surface area (Å²) in [4.78, 5) is 0. The van der Waals surface area contributed by atoms with E-state index in [1.807, 2.05) is 6.07 Å². The Morgan fingerprint density at radius 3 is 2.77 bits per heavy atom. The van der Waals surface area contributed by atoms with Crippen LogP contribution in [0.2, 0.25) is 0 Å². The van der Waals surface area contributed by atoms with Crippen molar-refractivity contribution in [2.45, 2.75) is 12.5 Å². The summed E-state index contributed by atoms with van der Waals surface area (Å²) in [5, 5.41) is 18.3. The van der Waals surface area contributed by atoms with Gasteiger partial charge in [-0.05, 0) is 19.1 Å². The number of benzene rings is 1. The third-order valence-electron chi connectivity index (χ3n) is 1.85. The molecule has 0 heterocycles. The minimum absolute atomic E-state index is 0.536. The summed E-state index contributed by atoms with van der Waals surface area (Å²) >= 11 is 0. The Morgan fingerprint density at radius 1 is 1.54 bits per heavy atom. The van der Waals surface area contributed by atoms with E-state index in [0.717, 1.165) is 0 Å². The second-order valence-corrected chi connectivity index (χ2v) is 2.92. The van der Waals surface area contributed by atoms with Crippen LogP contribution in [0.25, 0.3) is 0 Å². The Morgan fingerprint density at radius 2 is 2.23 bits per heavy atom. The molecule has 0 aromatic heterocycles. The SMILES string of the molecule is COc1cccc(C(C)(O)C#N)c1. The Labute approximate surface area is 77.2 Å². The van der Waals surface area contributed by atoms with Crippen LogP contribution in [0.15, 0.2) is 24.3 Å². The van der Waals surface area contributed by atoms with Crippen LogP contribution in [0.1, 0.15) is 12.5 Å². The minimum Gasteiger partial charge on any atom is -0.497 e. The Balaban J connectivity index is 3.10. The van der Waals surface area contributed by atoms with E-state index in [1.165, 1.54) is 6.92 Å². The van der Waals surface area contributed by atoms with Gasteiger partial charge in [0.2, 0.25) is 0 Å². The smallest absolute Gasteiger partial charge is 0.173 e. The number of rotatable bonds is 2. The molecule has 1 N–H and O–H groups in total. The van der Waals surface area contributed by atoms with Gasteiger partial charge in [-0.15, -0.1) is 0 Å². The zero-order chi connectivity index (χ0) is 9.90. The first-order valence-corrected chi connectivity index (χ1v) is 3.88. The fourth-order valence-electron chi connectivity index (χ4n) is 0.990. The van der Waals surface area contributed by atoms with Crippen LogP contribution in [0.5, 0.6) is 5.75 Å². The molecule has 0 saturated carbocycles. The third-order valence-corrected chi connectivity index (χ3v) is 1.85. The van der Waals surface area contributed by atoms with E-state index in [1.54, 1.807) is 31.4 Å². The van der Waals surface area contributed by atoms with E-state index in [9.17, 15) is 5.11 Å². The van der Waals surface area contributed by atoms with Crippen LogP contribution >= 0.6 is 0 Å². The van der Waals surface area contributed by atoms with Crippen molar-refractivity contribution in [1.82, 2.24) is 0 Å². The van der Waals surface area contributed by atoms with E-state index in [-0.39, 0.29) is 0 Å². The molecule has 1 aromatic rings. The van der Waals surface area contributed by atoms with Gasteiger partial charge in [0.25, 0.3) is 0 Å². The molecule has 0 fully saturated rings. The number of aliphatic hydroxyl groups is 1. The monoisotopic (exact) mass is 177 g/mol. The highest BCUT2D eigenvalue weighted by atomic mass is 16.5. The normalized spacial score (nSPS) is 14.3.